The van der Waals surface area contributed by atoms with Gasteiger partial charge < -0.3 is 26.0 Å². The molecule has 3 aromatic rings. The third kappa shape index (κ3) is 8.40. The van der Waals surface area contributed by atoms with Crippen molar-refractivity contribution in [2.75, 3.05) is 5.32 Å². The molecular weight excluding hydrogens is 558 g/mol. The number of thioether (sulfide) groups is 1. The van der Waals surface area contributed by atoms with Crippen molar-refractivity contribution in [1.29, 1.82) is 0 Å². The predicted octanol–water partition coefficient (Wildman–Crippen LogP) is 1.57. The predicted molar refractivity (Wildman–Crippen MR) is 149 cm³/mol. The van der Waals surface area contributed by atoms with Crippen LogP contribution in [-0.2, 0) is 14.4 Å². The van der Waals surface area contributed by atoms with Crippen LogP contribution in [0, 0.1) is 6.92 Å². The molecule has 1 aliphatic rings. The molecule has 15 heteroatoms. The molecule has 14 nitrogen and oxygen atoms in total. The molecule has 0 aliphatic carbocycles. The number of nitrogens with one attached hydrogen (secondary N) is 4. The molecule has 2 atom stereocenters. The van der Waals surface area contributed by atoms with E-state index in [4.69, 9.17) is 15.0 Å². The number of carbonyl (C=O) groups is 4. The van der Waals surface area contributed by atoms with E-state index in [0.29, 0.717) is 11.3 Å². The summed E-state index contributed by atoms with van der Waals surface area (Å²) in [5.74, 6) is -3.52. The van der Waals surface area contributed by atoms with Gasteiger partial charge in [-0.25, -0.2) is 14.6 Å². The van der Waals surface area contributed by atoms with Gasteiger partial charge in [-0.05, 0) is 36.8 Å². The van der Waals surface area contributed by atoms with Crippen molar-refractivity contribution in [1.82, 2.24) is 15.3 Å². The van der Waals surface area contributed by atoms with Gasteiger partial charge in [-0.15, -0.1) is 0 Å². The number of aryl methyl sites for hydroxylation is 1. The van der Waals surface area contributed by atoms with Crippen molar-refractivity contribution < 1.29 is 34.5 Å². The number of hydrogen-bond acceptors (Lipinski definition) is 9. The van der Waals surface area contributed by atoms with Crippen LogP contribution in [0.3, 0.4) is 0 Å². The Bertz CT molecular complexity index is 1610. The highest BCUT2D eigenvalue weighted by Crippen LogP contribution is 2.32. The minimum atomic E-state index is -1.09. The zero-order valence-corrected chi connectivity index (χ0v) is 22.4. The average molecular weight is 584 g/mol. The maximum Gasteiger partial charge on any atom is 0.335 e. The molecule has 2 unspecified atom stereocenters. The smallest absolute Gasteiger partial charge is 0.335 e. The first-order chi connectivity index (χ1) is 19.3. The summed E-state index contributed by atoms with van der Waals surface area (Å²) in [6.45, 7) is 2.96. The number of amides is 2. The van der Waals surface area contributed by atoms with Crippen molar-refractivity contribution in [3.05, 3.63) is 91.6 Å². The number of aromatic amines is 2. The number of rotatable bonds is 7. The topological polar surface area (TPSA) is 231 Å². The number of aliphatic imine (C=N–C) groups is 1. The van der Waals surface area contributed by atoms with Crippen LogP contribution in [0.5, 0.6) is 5.88 Å². The quantitative estimate of drug-likeness (QED) is 0.212. The highest BCUT2D eigenvalue weighted by molar-refractivity contribution is 8.15. The van der Waals surface area contributed by atoms with Crippen molar-refractivity contribution in [2.24, 2.45) is 4.99 Å². The second-order valence-corrected chi connectivity index (χ2v) is 9.86. The summed E-state index contributed by atoms with van der Waals surface area (Å²) in [4.78, 5) is 77.8. The van der Waals surface area contributed by atoms with Gasteiger partial charge in [0.25, 0.3) is 11.5 Å². The Morgan fingerprint density at radius 2 is 1.61 bits per heavy atom. The Hall–Kier alpha value is -5.18. The van der Waals surface area contributed by atoms with Gasteiger partial charge in [-0.3, -0.25) is 29.1 Å². The van der Waals surface area contributed by atoms with Crippen LogP contribution < -0.4 is 21.9 Å². The van der Waals surface area contributed by atoms with Crippen molar-refractivity contribution in [2.45, 2.75) is 31.6 Å². The lowest BCUT2D eigenvalue weighted by atomic mass is 10.00. The second kappa shape index (κ2) is 13.3. The van der Waals surface area contributed by atoms with E-state index in [2.05, 4.69) is 25.6 Å². The number of amidine groups is 1. The normalized spacial score (nSPS) is 15.8. The van der Waals surface area contributed by atoms with Gasteiger partial charge in [0.2, 0.25) is 17.7 Å². The SMILES string of the molecule is CC(=O)O.Cc1ccc(C(N=C2NC(=O)C(CC(=O)Nc3ccc(C(=O)O)cc3)S2)c2c(O)[nH]c(=O)[nH]c2=O)cc1. The molecule has 0 bridgehead atoms. The Morgan fingerprint density at radius 1 is 1.00 bits per heavy atom. The molecule has 0 radical (unpaired) electrons. The largest absolute Gasteiger partial charge is 0.494 e. The molecular formula is C26H25N5O9S. The van der Waals surface area contributed by atoms with E-state index in [1.165, 1.54) is 24.3 Å². The first kappa shape index (κ1) is 30.4. The van der Waals surface area contributed by atoms with Gasteiger partial charge >= 0.3 is 11.7 Å². The third-order valence-electron chi connectivity index (χ3n) is 5.43. The summed E-state index contributed by atoms with van der Waals surface area (Å²) >= 11 is 0.985. The summed E-state index contributed by atoms with van der Waals surface area (Å²) in [6, 6.07) is 11.5. The molecule has 7 N–H and O–H groups in total. The standard InChI is InChI=1S/C24H21N5O7S.C2H4O2/c1-11-2-4-12(5-3-11)18(17-20(32)27-23(36)28-21(17)33)26-24-29-19(31)15(37-24)10-16(30)25-14-8-6-13(7-9-14)22(34)35;1-2(3)4/h2-9,15,18H,10H2,1H3,(H,25,30)(H,34,35)(H,26,29,31)(H3,27,28,32,33,36);1H3,(H,3,4). The highest BCUT2D eigenvalue weighted by Gasteiger charge is 2.33. The number of carbonyl (C=O) groups excluding carboxylic acids is 2. The lowest BCUT2D eigenvalue weighted by Crippen LogP contribution is -2.29. The zero-order valence-electron chi connectivity index (χ0n) is 21.6. The van der Waals surface area contributed by atoms with E-state index in [1.54, 1.807) is 24.3 Å². The fourth-order valence-electron chi connectivity index (χ4n) is 3.59. The number of aromatic nitrogens is 2. The Balaban J connectivity index is 0.00000108. The average Bonchev–Trinajstić information content (AvgIpc) is 3.21. The maximum atomic E-state index is 12.5. The zero-order chi connectivity index (χ0) is 30.3. The summed E-state index contributed by atoms with van der Waals surface area (Å²) in [5, 5.41) is 31.2. The highest BCUT2D eigenvalue weighted by atomic mass is 32.2. The number of aliphatic carboxylic acids is 1. The fourth-order valence-corrected chi connectivity index (χ4v) is 4.58. The summed E-state index contributed by atoms with van der Waals surface area (Å²) < 4.78 is 0. The fraction of sp³-hybridized carbons (Fsp3) is 0.192. The molecule has 1 aliphatic heterocycles. The number of benzene rings is 2. The van der Waals surface area contributed by atoms with Gasteiger partial charge in [0.15, 0.2) is 5.17 Å². The molecule has 2 aromatic carbocycles. The molecule has 1 saturated heterocycles. The Kier molecular flexibility index (Phi) is 9.81. The number of H-pyrrole nitrogens is 2. The van der Waals surface area contributed by atoms with Gasteiger partial charge in [-0.2, -0.15) is 0 Å². The van der Waals surface area contributed by atoms with E-state index < -0.39 is 52.2 Å². The van der Waals surface area contributed by atoms with Crippen LogP contribution in [0.1, 0.15) is 46.4 Å². The monoisotopic (exact) mass is 583 g/mol. The minimum absolute atomic E-state index is 0.0695. The number of anilines is 1. The van der Waals surface area contributed by atoms with Crippen LogP contribution in [0.25, 0.3) is 0 Å². The molecule has 0 saturated carbocycles. The molecule has 2 amide bonds. The first-order valence-corrected chi connectivity index (χ1v) is 12.7. The summed E-state index contributed by atoms with van der Waals surface area (Å²) in [7, 11) is 0. The molecule has 4 rings (SSSR count). The van der Waals surface area contributed by atoms with Crippen molar-refractivity contribution in [3.8, 4) is 5.88 Å². The maximum absolute atomic E-state index is 12.5. The van der Waals surface area contributed by atoms with E-state index in [1.807, 2.05) is 6.92 Å². The van der Waals surface area contributed by atoms with Gasteiger partial charge in [0, 0.05) is 19.0 Å². The number of hydrogen-bond donors (Lipinski definition) is 7. The number of carboxylic acid groups (broad SMARTS) is 2. The number of nitrogens with zero attached hydrogens (tertiary/aromatic N) is 1. The number of aromatic carboxylic acids is 1. The van der Waals surface area contributed by atoms with Crippen LogP contribution in [0.2, 0.25) is 0 Å². The lowest BCUT2D eigenvalue weighted by Gasteiger charge is -2.14. The van der Waals surface area contributed by atoms with Gasteiger partial charge in [0.1, 0.15) is 16.9 Å². The molecule has 1 fully saturated rings. The molecule has 1 aromatic heterocycles. The number of carboxylic acids is 2. The first-order valence-electron chi connectivity index (χ1n) is 11.8. The van der Waals surface area contributed by atoms with Crippen LogP contribution in [-0.4, -0.2) is 59.5 Å². The second-order valence-electron chi connectivity index (χ2n) is 8.67. The van der Waals surface area contributed by atoms with Crippen LogP contribution >= 0.6 is 11.8 Å². The Labute approximate surface area is 235 Å². The Morgan fingerprint density at radius 3 is 2.17 bits per heavy atom. The van der Waals surface area contributed by atoms with Crippen LogP contribution in [0.15, 0.2) is 63.1 Å². The summed E-state index contributed by atoms with van der Waals surface area (Å²) in [6.07, 6.45) is -0.199. The van der Waals surface area contributed by atoms with Crippen molar-refractivity contribution >= 4 is 46.4 Å². The molecule has 214 valence electrons. The van der Waals surface area contributed by atoms with E-state index in [0.717, 1.165) is 24.2 Å². The van der Waals surface area contributed by atoms with Gasteiger partial charge in [-0.1, -0.05) is 41.6 Å². The van der Waals surface area contributed by atoms with E-state index >= 15 is 0 Å². The van der Waals surface area contributed by atoms with E-state index in [-0.39, 0.29) is 22.7 Å². The lowest BCUT2D eigenvalue weighted by molar-refractivity contribution is -0.134. The number of aromatic hydroxyl groups is 1. The molecule has 2 heterocycles. The summed E-state index contributed by atoms with van der Waals surface area (Å²) in [5.41, 5.74) is -0.0192. The minimum Gasteiger partial charge on any atom is -0.494 e. The third-order valence-corrected chi connectivity index (χ3v) is 6.53. The van der Waals surface area contributed by atoms with Crippen LogP contribution in [0.4, 0.5) is 5.69 Å². The molecule has 0 spiro atoms. The van der Waals surface area contributed by atoms with Gasteiger partial charge in [0.05, 0.1) is 5.56 Å². The molecule has 41 heavy (non-hydrogen) atoms. The van der Waals surface area contributed by atoms with Crippen molar-refractivity contribution in [3.63, 3.8) is 0 Å². The van der Waals surface area contributed by atoms with E-state index in [9.17, 15) is 29.1 Å².